The number of aromatic carboxylic acids is 1. The van der Waals surface area contributed by atoms with E-state index < -0.39 is 23.5 Å². The topological polar surface area (TPSA) is 129 Å². The van der Waals surface area contributed by atoms with Crippen molar-refractivity contribution in [3.05, 3.63) is 58.3 Å². The molecule has 0 aliphatic heterocycles. The number of hydrogen-bond donors (Lipinski definition) is 1. The minimum Gasteiger partial charge on any atom is -0.496 e. The van der Waals surface area contributed by atoms with Crippen LogP contribution in [0.4, 0.5) is 14.9 Å². The number of ether oxygens (including phenoxy) is 2. The Morgan fingerprint density at radius 2 is 1.79 bits per heavy atom. The molecule has 0 unspecified atom stereocenters. The number of carbonyl (C=O) groups excluding carboxylic acids is 1. The van der Waals surface area contributed by atoms with Crippen LogP contribution in [0.25, 0.3) is 5.69 Å². The summed E-state index contributed by atoms with van der Waals surface area (Å²) in [6, 6.07) is 7.15. The van der Waals surface area contributed by atoms with Crippen molar-refractivity contribution in [3.8, 4) is 17.2 Å². The molecule has 0 atom stereocenters. The third kappa shape index (κ3) is 3.98. The SMILES string of the molecule is COc1ccc(N(C(=O)n2nnn(-c3c(F)cccc3OC)c2=O)C2CCCC2)cc1C(=O)O. The van der Waals surface area contributed by atoms with Gasteiger partial charge >= 0.3 is 17.7 Å². The second-order valence-electron chi connectivity index (χ2n) is 7.66. The predicted octanol–water partition coefficient (Wildman–Crippen LogP) is 2.70. The Morgan fingerprint density at radius 1 is 1.09 bits per heavy atom. The minimum atomic E-state index is -1.23. The highest BCUT2D eigenvalue weighted by Crippen LogP contribution is 2.32. The van der Waals surface area contributed by atoms with E-state index in [1.165, 1.54) is 49.5 Å². The van der Waals surface area contributed by atoms with Gasteiger partial charge in [-0.05, 0) is 53.6 Å². The van der Waals surface area contributed by atoms with E-state index in [2.05, 4.69) is 10.4 Å². The molecule has 1 aliphatic carbocycles. The quantitative estimate of drug-likeness (QED) is 0.544. The second kappa shape index (κ2) is 9.33. The Bertz CT molecular complexity index is 1300. The van der Waals surface area contributed by atoms with Crippen molar-refractivity contribution in [1.29, 1.82) is 0 Å². The number of halogens is 1. The maximum atomic E-state index is 14.5. The van der Waals surface area contributed by atoms with Gasteiger partial charge in [0.1, 0.15) is 22.7 Å². The summed E-state index contributed by atoms with van der Waals surface area (Å²) in [5, 5.41) is 16.9. The van der Waals surface area contributed by atoms with Crippen LogP contribution in [0.5, 0.6) is 11.5 Å². The van der Waals surface area contributed by atoms with E-state index >= 15 is 0 Å². The Morgan fingerprint density at radius 3 is 2.44 bits per heavy atom. The third-order valence-electron chi connectivity index (χ3n) is 5.73. The normalized spacial score (nSPS) is 13.6. The number of aromatic nitrogens is 4. The number of amides is 1. The van der Waals surface area contributed by atoms with Crippen LogP contribution in [0.1, 0.15) is 36.0 Å². The molecule has 3 aromatic rings. The molecule has 4 rings (SSSR count). The molecular formula is C22H22FN5O6. The lowest BCUT2D eigenvalue weighted by atomic mass is 10.1. The summed E-state index contributed by atoms with van der Waals surface area (Å²) in [4.78, 5) is 39.7. The zero-order chi connectivity index (χ0) is 24.4. The molecule has 1 N–H and O–H groups in total. The Kier molecular flexibility index (Phi) is 6.30. The van der Waals surface area contributed by atoms with Gasteiger partial charge < -0.3 is 14.6 Å². The number of nitrogens with zero attached hydrogens (tertiary/aromatic N) is 5. The summed E-state index contributed by atoms with van der Waals surface area (Å²) in [7, 11) is 2.65. The first-order valence-electron chi connectivity index (χ1n) is 10.5. The number of rotatable bonds is 6. The van der Waals surface area contributed by atoms with Crippen LogP contribution in [0.3, 0.4) is 0 Å². The highest BCUT2D eigenvalue weighted by atomic mass is 19.1. The number of tetrazole rings is 1. The first kappa shape index (κ1) is 23.0. The number of carboxylic acids is 1. The van der Waals surface area contributed by atoms with Crippen LogP contribution in [-0.4, -0.2) is 57.2 Å². The first-order chi connectivity index (χ1) is 16.4. The number of carboxylic acid groups (broad SMARTS) is 1. The van der Waals surface area contributed by atoms with E-state index in [-0.39, 0.29) is 34.5 Å². The van der Waals surface area contributed by atoms with E-state index in [9.17, 15) is 23.9 Å². The Balaban J connectivity index is 1.81. The highest BCUT2D eigenvalue weighted by molar-refractivity contribution is 5.97. The number of anilines is 1. The van der Waals surface area contributed by atoms with Gasteiger partial charge in [0.25, 0.3) is 0 Å². The summed E-state index contributed by atoms with van der Waals surface area (Å²) in [6.07, 6.45) is 3.04. The molecule has 0 spiro atoms. The molecule has 11 nitrogen and oxygen atoms in total. The fourth-order valence-electron chi connectivity index (χ4n) is 4.13. The maximum absolute atomic E-state index is 14.5. The third-order valence-corrected chi connectivity index (χ3v) is 5.73. The van der Waals surface area contributed by atoms with Gasteiger partial charge in [-0.2, -0.15) is 4.68 Å². The largest absolute Gasteiger partial charge is 0.496 e. The fraction of sp³-hybridized carbons (Fsp3) is 0.318. The van der Waals surface area contributed by atoms with E-state index in [4.69, 9.17) is 9.47 Å². The van der Waals surface area contributed by atoms with Gasteiger partial charge in [-0.15, -0.1) is 4.68 Å². The van der Waals surface area contributed by atoms with Crippen LogP contribution in [-0.2, 0) is 0 Å². The summed E-state index contributed by atoms with van der Waals surface area (Å²) in [6.45, 7) is 0. The predicted molar refractivity (Wildman–Crippen MR) is 118 cm³/mol. The zero-order valence-corrected chi connectivity index (χ0v) is 18.5. The molecule has 0 bridgehead atoms. The van der Waals surface area contributed by atoms with Crippen LogP contribution in [0, 0.1) is 5.82 Å². The van der Waals surface area contributed by atoms with Gasteiger partial charge in [0, 0.05) is 11.7 Å². The van der Waals surface area contributed by atoms with Crippen LogP contribution in [0.15, 0.2) is 41.2 Å². The van der Waals surface area contributed by atoms with Crippen molar-refractivity contribution in [2.75, 3.05) is 19.1 Å². The average Bonchev–Trinajstić information content (AvgIpc) is 3.49. The van der Waals surface area contributed by atoms with Gasteiger partial charge in [0.05, 0.1) is 14.2 Å². The van der Waals surface area contributed by atoms with Gasteiger partial charge in [-0.3, -0.25) is 4.90 Å². The average molecular weight is 471 g/mol. The Labute approximate surface area is 192 Å². The van der Waals surface area contributed by atoms with Gasteiger partial charge in [0.2, 0.25) is 0 Å². The number of carbonyl (C=O) groups is 2. The van der Waals surface area contributed by atoms with Gasteiger partial charge in [0.15, 0.2) is 5.82 Å². The molecule has 1 heterocycles. The lowest BCUT2D eigenvalue weighted by Crippen LogP contribution is -2.46. The number of para-hydroxylation sites is 1. The van der Waals surface area contributed by atoms with E-state index in [0.29, 0.717) is 22.2 Å². The molecular weight excluding hydrogens is 449 g/mol. The molecule has 1 fully saturated rings. The van der Waals surface area contributed by atoms with E-state index in [1.807, 2.05) is 0 Å². The van der Waals surface area contributed by atoms with Gasteiger partial charge in [-0.25, -0.2) is 18.8 Å². The molecule has 1 saturated carbocycles. The van der Waals surface area contributed by atoms with Crippen molar-refractivity contribution in [1.82, 2.24) is 19.8 Å². The molecule has 2 aromatic carbocycles. The van der Waals surface area contributed by atoms with Crippen molar-refractivity contribution < 1.29 is 28.6 Å². The van der Waals surface area contributed by atoms with Gasteiger partial charge in [-0.1, -0.05) is 18.9 Å². The molecule has 12 heteroatoms. The van der Waals surface area contributed by atoms with Crippen molar-refractivity contribution >= 4 is 17.7 Å². The highest BCUT2D eigenvalue weighted by Gasteiger charge is 2.33. The van der Waals surface area contributed by atoms with Crippen molar-refractivity contribution in [2.24, 2.45) is 0 Å². The maximum Gasteiger partial charge on any atom is 0.377 e. The van der Waals surface area contributed by atoms with Crippen molar-refractivity contribution in [3.63, 3.8) is 0 Å². The summed E-state index contributed by atoms with van der Waals surface area (Å²) >= 11 is 0. The lowest BCUT2D eigenvalue weighted by molar-refractivity contribution is 0.0693. The molecule has 1 aliphatic rings. The number of benzene rings is 2. The standard InChI is InChI=1S/C22H22FN5O6/c1-33-17-11-10-14(12-15(17)20(29)30)26(13-6-3-4-7-13)21(31)28-22(32)27(24-25-28)19-16(23)8-5-9-18(19)34-2/h5,8-13H,3-4,6-7H2,1-2H3,(H,29,30). The molecule has 1 amide bonds. The first-order valence-corrected chi connectivity index (χ1v) is 10.5. The molecule has 0 radical (unpaired) electrons. The van der Waals surface area contributed by atoms with Crippen LogP contribution >= 0.6 is 0 Å². The van der Waals surface area contributed by atoms with Crippen molar-refractivity contribution in [2.45, 2.75) is 31.7 Å². The fourth-order valence-corrected chi connectivity index (χ4v) is 4.13. The molecule has 34 heavy (non-hydrogen) atoms. The van der Waals surface area contributed by atoms with Crippen LogP contribution < -0.4 is 20.1 Å². The van der Waals surface area contributed by atoms with E-state index in [0.717, 1.165) is 18.9 Å². The monoisotopic (exact) mass is 471 g/mol. The summed E-state index contributed by atoms with van der Waals surface area (Å²) < 4.78 is 25.9. The Hall–Kier alpha value is -4.22. The summed E-state index contributed by atoms with van der Waals surface area (Å²) in [5.74, 6) is -1.84. The lowest BCUT2D eigenvalue weighted by Gasteiger charge is -2.28. The number of hydrogen-bond acceptors (Lipinski definition) is 7. The number of methoxy groups -OCH3 is 2. The molecule has 0 saturated heterocycles. The summed E-state index contributed by atoms with van der Waals surface area (Å²) in [5.41, 5.74) is -1.15. The van der Waals surface area contributed by atoms with E-state index in [1.54, 1.807) is 0 Å². The zero-order valence-electron chi connectivity index (χ0n) is 18.5. The smallest absolute Gasteiger partial charge is 0.377 e. The molecule has 178 valence electrons. The second-order valence-corrected chi connectivity index (χ2v) is 7.66. The minimum absolute atomic E-state index is 0.0375. The van der Waals surface area contributed by atoms with Crippen LogP contribution in [0.2, 0.25) is 0 Å². The molecule has 1 aromatic heterocycles.